The summed E-state index contributed by atoms with van der Waals surface area (Å²) in [4.78, 5) is 3.96. The SMILES string of the molecule is Cc1coc(NS(=O)(=O)c2c(C)ccc(C)c2N)n1. The molecule has 0 aliphatic carbocycles. The molecule has 2 rings (SSSR count). The van der Waals surface area contributed by atoms with Crippen LogP contribution >= 0.6 is 0 Å². The number of aryl methyl sites for hydroxylation is 3. The Bertz CT molecular complexity index is 720. The second kappa shape index (κ2) is 4.58. The van der Waals surface area contributed by atoms with E-state index in [1.54, 1.807) is 32.9 Å². The summed E-state index contributed by atoms with van der Waals surface area (Å²) in [5.41, 5.74) is 7.95. The first-order valence-corrected chi connectivity index (χ1v) is 7.10. The molecule has 1 aromatic heterocycles. The molecule has 0 radical (unpaired) electrons. The lowest BCUT2D eigenvalue weighted by molar-refractivity contribution is 0.569. The van der Waals surface area contributed by atoms with Crippen LogP contribution in [0.1, 0.15) is 16.8 Å². The lowest BCUT2D eigenvalue weighted by Gasteiger charge is -2.12. The number of anilines is 2. The van der Waals surface area contributed by atoms with Crippen molar-refractivity contribution in [2.24, 2.45) is 0 Å². The Morgan fingerprint density at radius 3 is 2.42 bits per heavy atom. The minimum Gasteiger partial charge on any atom is -0.431 e. The van der Waals surface area contributed by atoms with E-state index in [0.717, 1.165) is 0 Å². The number of aromatic nitrogens is 1. The van der Waals surface area contributed by atoms with E-state index in [4.69, 9.17) is 10.2 Å². The van der Waals surface area contributed by atoms with Gasteiger partial charge in [0.25, 0.3) is 10.0 Å². The van der Waals surface area contributed by atoms with Gasteiger partial charge in [0.2, 0.25) is 0 Å². The number of hydrogen-bond donors (Lipinski definition) is 2. The van der Waals surface area contributed by atoms with Gasteiger partial charge in [-0.25, -0.2) is 13.1 Å². The molecule has 0 unspecified atom stereocenters. The van der Waals surface area contributed by atoms with Crippen molar-refractivity contribution in [1.82, 2.24) is 4.98 Å². The van der Waals surface area contributed by atoms with E-state index in [9.17, 15) is 8.42 Å². The van der Waals surface area contributed by atoms with E-state index < -0.39 is 10.0 Å². The van der Waals surface area contributed by atoms with Crippen LogP contribution in [0.2, 0.25) is 0 Å². The topological polar surface area (TPSA) is 98.2 Å². The Morgan fingerprint density at radius 1 is 1.21 bits per heavy atom. The number of hydrogen-bond acceptors (Lipinski definition) is 5. The van der Waals surface area contributed by atoms with Crippen molar-refractivity contribution < 1.29 is 12.8 Å². The summed E-state index contributed by atoms with van der Waals surface area (Å²) < 4.78 is 31.9. The molecule has 0 spiro atoms. The maximum Gasteiger partial charge on any atom is 0.309 e. The Kier molecular flexibility index (Phi) is 3.23. The molecule has 102 valence electrons. The van der Waals surface area contributed by atoms with E-state index in [1.165, 1.54) is 6.26 Å². The minimum atomic E-state index is -3.82. The minimum absolute atomic E-state index is 0.0587. The molecule has 0 saturated heterocycles. The van der Waals surface area contributed by atoms with E-state index in [1.807, 2.05) is 0 Å². The molecule has 0 aliphatic heterocycles. The number of nitrogens with zero attached hydrogens (tertiary/aromatic N) is 1. The Hall–Kier alpha value is -2.02. The van der Waals surface area contributed by atoms with Crippen LogP contribution in [-0.4, -0.2) is 13.4 Å². The number of benzene rings is 1. The van der Waals surface area contributed by atoms with E-state index in [2.05, 4.69) is 9.71 Å². The van der Waals surface area contributed by atoms with Crippen LogP contribution in [0.15, 0.2) is 27.7 Å². The highest BCUT2D eigenvalue weighted by molar-refractivity contribution is 7.93. The fraction of sp³-hybridized carbons (Fsp3) is 0.250. The Labute approximate surface area is 111 Å². The van der Waals surface area contributed by atoms with Gasteiger partial charge in [-0.1, -0.05) is 12.1 Å². The predicted molar refractivity (Wildman–Crippen MR) is 72.4 cm³/mol. The molecule has 0 amide bonds. The van der Waals surface area contributed by atoms with Crippen LogP contribution in [0, 0.1) is 20.8 Å². The summed E-state index contributed by atoms with van der Waals surface area (Å²) in [7, 11) is -3.82. The van der Waals surface area contributed by atoms with Gasteiger partial charge >= 0.3 is 6.01 Å². The number of nitrogens with two attached hydrogens (primary N) is 1. The van der Waals surface area contributed by atoms with Crippen LogP contribution in [0.5, 0.6) is 0 Å². The number of sulfonamides is 1. The average Bonchev–Trinajstić information content (AvgIpc) is 2.68. The number of rotatable bonds is 3. The molecule has 0 saturated carbocycles. The summed E-state index contributed by atoms with van der Waals surface area (Å²) in [6.07, 6.45) is 1.37. The highest BCUT2D eigenvalue weighted by Crippen LogP contribution is 2.27. The third kappa shape index (κ3) is 2.55. The lowest BCUT2D eigenvalue weighted by Crippen LogP contribution is -2.17. The van der Waals surface area contributed by atoms with Crippen molar-refractivity contribution in [2.75, 3.05) is 10.5 Å². The van der Waals surface area contributed by atoms with Crippen LogP contribution in [0.3, 0.4) is 0 Å². The summed E-state index contributed by atoms with van der Waals surface area (Å²) in [6.45, 7) is 5.14. The molecule has 6 nitrogen and oxygen atoms in total. The largest absolute Gasteiger partial charge is 0.431 e. The average molecular weight is 281 g/mol. The monoisotopic (exact) mass is 281 g/mol. The zero-order valence-corrected chi connectivity index (χ0v) is 11.7. The van der Waals surface area contributed by atoms with Crippen molar-refractivity contribution in [2.45, 2.75) is 25.7 Å². The zero-order valence-electron chi connectivity index (χ0n) is 10.9. The third-order valence-corrected chi connectivity index (χ3v) is 4.24. The van der Waals surface area contributed by atoms with Gasteiger partial charge in [0.15, 0.2) is 0 Å². The van der Waals surface area contributed by atoms with Gasteiger partial charge < -0.3 is 10.2 Å². The zero-order chi connectivity index (χ0) is 14.2. The molecule has 0 fully saturated rings. The van der Waals surface area contributed by atoms with Crippen molar-refractivity contribution in [3.63, 3.8) is 0 Å². The van der Waals surface area contributed by atoms with Gasteiger partial charge in [-0.15, -0.1) is 0 Å². The first-order valence-electron chi connectivity index (χ1n) is 5.62. The predicted octanol–water partition coefficient (Wildman–Crippen LogP) is 1.98. The summed E-state index contributed by atoms with van der Waals surface area (Å²) in [5, 5.41) is 0. The molecular weight excluding hydrogens is 266 g/mol. The standard InChI is InChI=1S/C12H15N3O3S/c1-7-4-5-8(2)11(10(7)13)19(16,17)15-12-14-9(3)6-18-12/h4-6H,13H2,1-3H3,(H,14,15). The number of nitrogen functional groups attached to an aromatic ring is 1. The van der Waals surface area contributed by atoms with E-state index in [0.29, 0.717) is 16.8 Å². The fourth-order valence-corrected chi connectivity index (χ4v) is 3.10. The van der Waals surface area contributed by atoms with Crippen LogP contribution < -0.4 is 10.5 Å². The molecule has 1 aromatic carbocycles. The van der Waals surface area contributed by atoms with Gasteiger partial charge in [0, 0.05) is 0 Å². The summed E-state index contributed by atoms with van der Waals surface area (Å²) in [6, 6.07) is 3.41. The first kappa shape index (κ1) is 13.4. The second-order valence-electron chi connectivity index (χ2n) is 4.34. The highest BCUT2D eigenvalue weighted by Gasteiger charge is 2.23. The smallest absolute Gasteiger partial charge is 0.309 e. The van der Waals surface area contributed by atoms with Gasteiger partial charge in [-0.2, -0.15) is 4.98 Å². The lowest BCUT2D eigenvalue weighted by atomic mass is 10.1. The molecule has 7 heteroatoms. The molecule has 0 bridgehead atoms. The van der Waals surface area contributed by atoms with Crippen molar-refractivity contribution in [3.05, 3.63) is 35.2 Å². The van der Waals surface area contributed by atoms with Gasteiger partial charge in [0.05, 0.1) is 11.4 Å². The molecule has 1 heterocycles. The molecule has 19 heavy (non-hydrogen) atoms. The molecule has 2 aromatic rings. The molecule has 3 N–H and O–H groups in total. The maximum atomic E-state index is 12.3. The first-order chi connectivity index (χ1) is 8.81. The van der Waals surface area contributed by atoms with Crippen molar-refractivity contribution >= 4 is 21.7 Å². The normalized spacial score (nSPS) is 11.5. The molecule has 0 atom stereocenters. The summed E-state index contributed by atoms with van der Waals surface area (Å²) in [5.74, 6) is 0. The van der Waals surface area contributed by atoms with E-state index in [-0.39, 0.29) is 16.6 Å². The van der Waals surface area contributed by atoms with Gasteiger partial charge in [0.1, 0.15) is 11.2 Å². The number of oxazole rings is 1. The van der Waals surface area contributed by atoms with Crippen molar-refractivity contribution in [1.29, 1.82) is 0 Å². The fourth-order valence-electron chi connectivity index (χ4n) is 1.73. The highest BCUT2D eigenvalue weighted by atomic mass is 32.2. The summed E-state index contributed by atoms with van der Waals surface area (Å²) >= 11 is 0. The Morgan fingerprint density at radius 2 is 1.84 bits per heavy atom. The van der Waals surface area contributed by atoms with E-state index >= 15 is 0 Å². The van der Waals surface area contributed by atoms with Crippen molar-refractivity contribution in [3.8, 4) is 0 Å². The van der Waals surface area contributed by atoms with Crippen LogP contribution in [0.4, 0.5) is 11.7 Å². The van der Waals surface area contributed by atoms with Gasteiger partial charge in [-0.05, 0) is 31.9 Å². The third-order valence-electron chi connectivity index (χ3n) is 2.72. The van der Waals surface area contributed by atoms with Crippen LogP contribution in [0.25, 0.3) is 0 Å². The molecular formula is C12H15N3O3S. The molecule has 0 aliphatic rings. The second-order valence-corrected chi connectivity index (χ2v) is 5.96. The number of nitrogens with one attached hydrogen (secondary N) is 1. The quantitative estimate of drug-likeness (QED) is 0.838. The maximum absolute atomic E-state index is 12.3. The Balaban J connectivity index is 2.48. The van der Waals surface area contributed by atoms with Gasteiger partial charge in [-0.3, -0.25) is 0 Å². The van der Waals surface area contributed by atoms with Crippen LogP contribution in [-0.2, 0) is 10.0 Å².